The van der Waals surface area contributed by atoms with Crippen LogP contribution in [0.15, 0.2) is 47.1 Å². The van der Waals surface area contributed by atoms with E-state index in [0.717, 1.165) is 24.2 Å². The smallest absolute Gasteiger partial charge is 0.306 e. The minimum atomic E-state index is -0.807. The van der Waals surface area contributed by atoms with Crippen molar-refractivity contribution in [3.8, 4) is 0 Å². The van der Waals surface area contributed by atoms with E-state index in [0.29, 0.717) is 31.7 Å². The van der Waals surface area contributed by atoms with E-state index in [2.05, 4.69) is 5.32 Å². The lowest BCUT2D eigenvalue weighted by molar-refractivity contribution is -0.143. The summed E-state index contributed by atoms with van der Waals surface area (Å²) in [6, 6.07) is 11.2. The Balaban J connectivity index is 1.52. The van der Waals surface area contributed by atoms with Crippen LogP contribution in [-0.4, -0.2) is 17.0 Å². The Morgan fingerprint density at radius 1 is 1.15 bits per heavy atom. The van der Waals surface area contributed by atoms with Crippen LogP contribution in [0.5, 0.6) is 0 Å². The van der Waals surface area contributed by atoms with E-state index in [9.17, 15) is 9.59 Å². The molecule has 0 saturated heterocycles. The van der Waals surface area contributed by atoms with Gasteiger partial charge in [0.05, 0.1) is 18.8 Å². The fourth-order valence-corrected chi connectivity index (χ4v) is 3.30. The summed E-state index contributed by atoms with van der Waals surface area (Å²) in [5.74, 6) is -0.813. The summed E-state index contributed by atoms with van der Waals surface area (Å²) < 4.78 is 10.8. The summed E-state index contributed by atoms with van der Waals surface area (Å²) in [6.07, 6.45) is 4.18. The number of hydrogen-bond acceptors (Lipinski definition) is 4. The van der Waals surface area contributed by atoms with E-state index >= 15 is 0 Å². The number of ether oxygens (including phenoxy) is 1. The van der Waals surface area contributed by atoms with Gasteiger partial charge in [0, 0.05) is 11.6 Å². The first-order valence-corrected chi connectivity index (χ1v) is 8.84. The molecule has 26 heavy (non-hydrogen) atoms. The van der Waals surface area contributed by atoms with Crippen LogP contribution >= 0.6 is 0 Å². The van der Waals surface area contributed by atoms with E-state index in [-0.39, 0.29) is 11.8 Å². The topological polar surface area (TPSA) is 88.8 Å². The zero-order valence-electron chi connectivity index (χ0n) is 14.5. The molecule has 2 atom stereocenters. The quantitative estimate of drug-likeness (QED) is 0.786. The molecule has 1 aliphatic rings. The first-order valence-electron chi connectivity index (χ1n) is 8.84. The molecule has 2 unspecified atom stereocenters. The van der Waals surface area contributed by atoms with Crippen molar-refractivity contribution in [2.75, 3.05) is 5.32 Å². The van der Waals surface area contributed by atoms with Gasteiger partial charge in [-0.2, -0.15) is 0 Å². The fraction of sp³-hybridized carbons (Fsp3) is 0.400. The second-order valence-electron chi connectivity index (χ2n) is 6.66. The van der Waals surface area contributed by atoms with Gasteiger partial charge in [0.25, 0.3) is 0 Å². The van der Waals surface area contributed by atoms with Crippen LogP contribution < -0.4 is 5.32 Å². The largest absolute Gasteiger partial charge is 0.481 e. The zero-order valence-corrected chi connectivity index (χ0v) is 14.5. The average molecular weight is 357 g/mol. The molecule has 6 heteroatoms. The van der Waals surface area contributed by atoms with Crippen LogP contribution in [0.1, 0.15) is 37.0 Å². The highest BCUT2D eigenvalue weighted by Crippen LogP contribution is 2.30. The molecule has 1 saturated carbocycles. The molecule has 1 aromatic heterocycles. The number of aliphatic carboxylic acids is 1. The van der Waals surface area contributed by atoms with Crippen molar-refractivity contribution >= 4 is 17.6 Å². The molecule has 3 rings (SSSR count). The molecule has 1 aromatic carbocycles. The van der Waals surface area contributed by atoms with Gasteiger partial charge in [-0.15, -0.1) is 0 Å². The summed E-state index contributed by atoms with van der Waals surface area (Å²) in [6.45, 7) is 0.803. The lowest BCUT2D eigenvalue weighted by atomic mass is 9.81. The van der Waals surface area contributed by atoms with Crippen molar-refractivity contribution in [3.05, 3.63) is 54.0 Å². The molecule has 0 aliphatic heterocycles. The maximum Gasteiger partial charge on any atom is 0.306 e. The van der Waals surface area contributed by atoms with Crippen molar-refractivity contribution < 1.29 is 23.8 Å². The molecule has 1 heterocycles. The molecule has 2 N–H and O–H groups in total. The Morgan fingerprint density at radius 2 is 2.00 bits per heavy atom. The predicted octanol–water partition coefficient (Wildman–Crippen LogP) is 3.83. The Bertz CT molecular complexity index is 740. The van der Waals surface area contributed by atoms with Crippen molar-refractivity contribution in [1.82, 2.24) is 0 Å². The molecular formula is C20H23NO5. The fourth-order valence-electron chi connectivity index (χ4n) is 3.30. The third kappa shape index (κ3) is 4.95. The molecule has 1 aliphatic carbocycles. The minimum Gasteiger partial charge on any atom is -0.481 e. The molecule has 0 spiro atoms. The highest BCUT2D eigenvalue weighted by atomic mass is 16.5. The number of hydrogen-bond donors (Lipinski definition) is 2. The summed E-state index contributed by atoms with van der Waals surface area (Å²) in [5, 5.41) is 12.1. The maximum absolute atomic E-state index is 12.5. The predicted molar refractivity (Wildman–Crippen MR) is 95.4 cm³/mol. The van der Waals surface area contributed by atoms with Crippen LogP contribution in [0, 0.1) is 11.8 Å². The third-order valence-electron chi connectivity index (χ3n) is 4.68. The van der Waals surface area contributed by atoms with Gasteiger partial charge in [0.1, 0.15) is 12.4 Å². The van der Waals surface area contributed by atoms with Crippen LogP contribution in [-0.2, 0) is 27.5 Å². The Morgan fingerprint density at radius 3 is 2.77 bits per heavy atom. The molecule has 138 valence electrons. The summed E-state index contributed by atoms with van der Waals surface area (Å²) >= 11 is 0. The number of rotatable bonds is 7. The van der Waals surface area contributed by atoms with E-state index in [1.165, 1.54) is 0 Å². The maximum atomic E-state index is 12.5. The molecule has 2 aromatic rings. The summed E-state index contributed by atoms with van der Waals surface area (Å²) in [4.78, 5) is 23.6. The van der Waals surface area contributed by atoms with Gasteiger partial charge >= 0.3 is 5.97 Å². The highest BCUT2D eigenvalue weighted by Gasteiger charge is 2.31. The zero-order chi connectivity index (χ0) is 18.4. The summed E-state index contributed by atoms with van der Waals surface area (Å²) in [7, 11) is 0. The number of benzene rings is 1. The monoisotopic (exact) mass is 357 g/mol. The molecule has 1 amide bonds. The van der Waals surface area contributed by atoms with Gasteiger partial charge < -0.3 is 19.6 Å². The second-order valence-corrected chi connectivity index (χ2v) is 6.66. The van der Waals surface area contributed by atoms with E-state index < -0.39 is 11.9 Å². The third-order valence-corrected chi connectivity index (χ3v) is 4.68. The van der Waals surface area contributed by atoms with Crippen molar-refractivity contribution in [1.29, 1.82) is 0 Å². The summed E-state index contributed by atoms with van der Waals surface area (Å²) in [5.41, 5.74) is 1.65. The van der Waals surface area contributed by atoms with E-state index in [4.69, 9.17) is 14.3 Å². The van der Waals surface area contributed by atoms with Crippen molar-refractivity contribution in [2.24, 2.45) is 11.8 Å². The van der Waals surface area contributed by atoms with Gasteiger partial charge in [-0.05, 0) is 49.1 Å². The van der Waals surface area contributed by atoms with Crippen molar-refractivity contribution in [3.63, 3.8) is 0 Å². The first-order chi connectivity index (χ1) is 12.6. The second kappa shape index (κ2) is 8.67. The van der Waals surface area contributed by atoms with Gasteiger partial charge in [0.15, 0.2) is 0 Å². The minimum absolute atomic E-state index is 0.107. The Hall–Kier alpha value is -2.60. The number of nitrogens with one attached hydrogen (secondary N) is 1. The Labute approximate surface area is 152 Å². The molecule has 0 radical (unpaired) electrons. The van der Waals surface area contributed by atoms with Crippen LogP contribution in [0.4, 0.5) is 5.69 Å². The number of anilines is 1. The lowest BCUT2D eigenvalue weighted by Gasteiger charge is -2.25. The van der Waals surface area contributed by atoms with Gasteiger partial charge in [-0.3, -0.25) is 9.59 Å². The number of carboxylic acids is 1. The lowest BCUT2D eigenvalue weighted by Crippen LogP contribution is -2.30. The van der Waals surface area contributed by atoms with E-state index in [1.54, 1.807) is 6.26 Å². The number of carbonyl (C=O) groups excluding carboxylic acids is 1. The van der Waals surface area contributed by atoms with Gasteiger partial charge in [0.2, 0.25) is 5.91 Å². The van der Waals surface area contributed by atoms with Gasteiger partial charge in [-0.1, -0.05) is 18.6 Å². The van der Waals surface area contributed by atoms with Crippen LogP contribution in [0.25, 0.3) is 0 Å². The highest BCUT2D eigenvalue weighted by molar-refractivity contribution is 5.93. The number of carboxylic acid groups (broad SMARTS) is 1. The van der Waals surface area contributed by atoms with Crippen molar-refractivity contribution in [2.45, 2.75) is 38.9 Å². The Kier molecular flexibility index (Phi) is 6.07. The van der Waals surface area contributed by atoms with E-state index in [1.807, 2.05) is 36.4 Å². The van der Waals surface area contributed by atoms with Gasteiger partial charge in [-0.25, -0.2) is 0 Å². The number of furan rings is 1. The number of amides is 1. The first kappa shape index (κ1) is 18.2. The normalized spacial score (nSPS) is 19.8. The average Bonchev–Trinajstić information content (AvgIpc) is 3.15. The number of carbonyl (C=O) groups is 2. The standard InChI is InChI=1S/C20H23NO5/c22-19(15-5-2-6-16(11-15)20(23)24)21-17-7-1-4-14(10-17)12-25-13-18-8-3-9-26-18/h1,3-4,7-10,15-16H,2,5-6,11-13H2,(H,21,22)(H,23,24). The van der Waals surface area contributed by atoms with Crippen LogP contribution in [0.3, 0.4) is 0 Å². The molecule has 1 fully saturated rings. The SMILES string of the molecule is O=C(O)C1CCCC(C(=O)Nc2cccc(COCc3ccco3)c2)C1. The molecular weight excluding hydrogens is 334 g/mol. The van der Waals surface area contributed by atoms with Crippen LogP contribution in [0.2, 0.25) is 0 Å². The molecule has 0 bridgehead atoms. The molecule has 6 nitrogen and oxygen atoms in total.